The Hall–Kier alpha value is -1.54. The van der Waals surface area contributed by atoms with Gasteiger partial charge in [-0.25, -0.2) is 4.39 Å². The minimum absolute atomic E-state index is 0.233. The van der Waals surface area contributed by atoms with Crippen LogP contribution < -0.4 is 0 Å². The predicted octanol–water partition coefficient (Wildman–Crippen LogP) is 2.21. The van der Waals surface area contributed by atoms with Crippen LogP contribution in [0.3, 0.4) is 0 Å². The fraction of sp³-hybridized carbons (Fsp3) is 0.273. The van der Waals surface area contributed by atoms with Crippen LogP contribution in [-0.2, 0) is 6.54 Å². The monoisotopic (exact) mass is 235 g/mol. The van der Waals surface area contributed by atoms with E-state index in [0.29, 0.717) is 6.54 Å². The maximum atomic E-state index is 13.0. The molecule has 0 N–H and O–H groups in total. The molecule has 1 saturated heterocycles. The Morgan fingerprint density at radius 3 is 3.19 bits per heavy atom. The lowest BCUT2D eigenvalue weighted by Crippen LogP contribution is -2.23. The van der Waals surface area contributed by atoms with Gasteiger partial charge in [0.1, 0.15) is 5.82 Å². The Bertz CT molecular complexity index is 453. The molecule has 0 radical (unpaired) electrons. The molecule has 1 aliphatic heterocycles. The number of nitriles is 1. The number of hydrogen-bond donors (Lipinski definition) is 0. The van der Waals surface area contributed by atoms with Crippen molar-refractivity contribution < 1.29 is 4.39 Å². The SMILES string of the molecule is N#CN=C1SCCN1Cc1cccc(F)c1. The first-order valence-electron chi connectivity index (χ1n) is 4.88. The standard InChI is InChI=1S/C11H10FN3S/c12-10-3-1-2-9(6-10)7-15-4-5-16-11(15)14-8-13/h1-3,6H,4-5,7H2. The molecule has 1 fully saturated rings. The number of hydrogen-bond acceptors (Lipinski definition) is 3. The molecule has 0 aromatic heterocycles. The topological polar surface area (TPSA) is 39.4 Å². The van der Waals surface area contributed by atoms with Gasteiger partial charge in [-0.3, -0.25) is 0 Å². The molecule has 0 spiro atoms. The molecular weight excluding hydrogens is 225 g/mol. The maximum Gasteiger partial charge on any atom is 0.208 e. The van der Waals surface area contributed by atoms with Gasteiger partial charge in [-0.1, -0.05) is 23.9 Å². The van der Waals surface area contributed by atoms with Crippen LogP contribution in [0.4, 0.5) is 4.39 Å². The van der Waals surface area contributed by atoms with Gasteiger partial charge in [-0.15, -0.1) is 4.99 Å². The molecule has 0 saturated carbocycles. The Morgan fingerprint density at radius 1 is 1.56 bits per heavy atom. The van der Waals surface area contributed by atoms with Crippen LogP contribution in [0.15, 0.2) is 29.3 Å². The minimum atomic E-state index is -0.233. The molecule has 0 bridgehead atoms. The average Bonchev–Trinajstić information content (AvgIpc) is 2.66. The highest BCUT2D eigenvalue weighted by Crippen LogP contribution is 2.20. The second-order valence-corrected chi connectivity index (χ2v) is 4.46. The second-order valence-electron chi connectivity index (χ2n) is 3.39. The summed E-state index contributed by atoms with van der Waals surface area (Å²) in [4.78, 5) is 5.73. The number of thioether (sulfide) groups is 1. The Labute approximate surface area is 97.6 Å². The third kappa shape index (κ3) is 2.52. The molecule has 0 aliphatic carbocycles. The Morgan fingerprint density at radius 2 is 2.44 bits per heavy atom. The lowest BCUT2D eigenvalue weighted by atomic mass is 10.2. The van der Waals surface area contributed by atoms with Gasteiger partial charge in [0.05, 0.1) is 0 Å². The van der Waals surface area contributed by atoms with Crippen molar-refractivity contribution in [2.45, 2.75) is 6.54 Å². The van der Waals surface area contributed by atoms with Crippen LogP contribution in [0, 0.1) is 17.3 Å². The largest absolute Gasteiger partial charge is 0.345 e. The molecule has 1 heterocycles. The second kappa shape index (κ2) is 4.99. The quantitative estimate of drug-likeness (QED) is 0.738. The number of nitrogens with zero attached hydrogens (tertiary/aromatic N) is 3. The van der Waals surface area contributed by atoms with Crippen LogP contribution >= 0.6 is 11.8 Å². The first kappa shape index (κ1) is 11.0. The average molecular weight is 235 g/mol. The van der Waals surface area contributed by atoms with Crippen LogP contribution in [0.2, 0.25) is 0 Å². The number of amidine groups is 1. The van der Waals surface area contributed by atoms with Crippen molar-refractivity contribution in [1.29, 1.82) is 5.26 Å². The van der Waals surface area contributed by atoms with Crippen molar-refractivity contribution in [1.82, 2.24) is 4.90 Å². The normalized spacial score (nSPS) is 17.8. The van der Waals surface area contributed by atoms with Crippen molar-refractivity contribution in [3.8, 4) is 6.19 Å². The van der Waals surface area contributed by atoms with Crippen LogP contribution in [-0.4, -0.2) is 22.4 Å². The van der Waals surface area contributed by atoms with E-state index in [-0.39, 0.29) is 5.82 Å². The van der Waals surface area contributed by atoms with Gasteiger partial charge in [0.2, 0.25) is 6.19 Å². The fourth-order valence-corrected chi connectivity index (χ4v) is 2.52. The number of benzene rings is 1. The molecule has 0 amide bonds. The van der Waals surface area contributed by atoms with E-state index in [1.807, 2.05) is 11.0 Å². The van der Waals surface area contributed by atoms with E-state index in [4.69, 9.17) is 5.26 Å². The van der Waals surface area contributed by atoms with Crippen LogP contribution in [0.1, 0.15) is 5.56 Å². The van der Waals surface area contributed by atoms with E-state index >= 15 is 0 Å². The molecule has 0 atom stereocenters. The van der Waals surface area contributed by atoms with Gasteiger partial charge in [-0.05, 0) is 17.7 Å². The lowest BCUT2D eigenvalue weighted by molar-refractivity contribution is 0.455. The van der Waals surface area contributed by atoms with Gasteiger partial charge < -0.3 is 4.90 Å². The molecule has 82 valence electrons. The summed E-state index contributed by atoms with van der Waals surface area (Å²) in [6.45, 7) is 1.45. The zero-order valence-corrected chi connectivity index (χ0v) is 9.38. The van der Waals surface area contributed by atoms with Crippen molar-refractivity contribution in [2.75, 3.05) is 12.3 Å². The fourth-order valence-electron chi connectivity index (χ4n) is 1.58. The smallest absolute Gasteiger partial charge is 0.208 e. The molecule has 2 rings (SSSR count). The first-order valence-corrected chi connectivity index (χ1v) is 5.87. The molecule has 3 nitrogen and oxygen atoms in total. The van der Waals surface area contributed by atoms with Crippen molar-refractivity contribution in [2.24, 2.45) is 4.99 Å². The molecular formula is C11H10FN3S. The molecule has 1 aromatic rings. The summed E-state index contributed by atoms with van der Waals surface area (Å²) < 4.78 is 13.0. The van der Waals surface area contributed by atoms with Crippen molar-refractivity contribution in [3.63, 3.8) is 0 Å². The third-order valence-corrected chi connectivity index (χ3v) is 3.27. The van der Waals surface area contributed by atoms with Gasteiger partial charge in [0.25, 0.3) is 0 Å². The molecule has 1 aromatic carbocycles. The van der Waals surface area contributed by atoms with Gasteiger partial charge >= 0.3 is 0 Å². The van der Waals surface area contributed by atoms with E-state index in [2.05, 4.69) is 4.99 Å². The zero-order valence-electron chi connectivity index (χ0n) is 8.56. The zero-order chi connectivity index (χ0) is 11.4. The van der Waals surface area contributed by atoms with E-state index in [0.717, 1.165) is 23.0 Å². The van der Waals surface area contributed by atoms with Gasteiger partial charge in [0, 0.05) is 18.8 Å². The highest BCUT2D eigenvalue weighted by Gasteiger charge is 2.19. The summed E-state index contributed by atoms with van der Waals surface area (Å²) >= 11 is 1.56. The van der Waals surface area contributed by atoms with Crippen LogP contribution in [0.5, 0.6) is 0 Å². The Kier molecular flexibility index (Phi) is 3.42. The van der Waals surface area contributed by atoms with E-state index < -0.39 is 0 Å². The molecule has 0 unspecified atom stereocenters. The summed E-state index contributed by atoms with van der Waals surface area (Å²) in [5.74, 6) is 0.693. The van der Waals surface area contributed by atoms with Crippen molar-refractivity contribution in [3.05, 3.63) is 35.6 Å². The molecule has 1 aliphatic rings. The lowest BCUT2D eigenvalue weighted by Gasteiger charge is -2.16. The highest BCUT2D eigenvalue weighted by molar-refractivity contribution is 8.14. The van der Waals surface area contributed by atoms with E-state index in [1.54, 1.807) is 24.0 Å². The first-order chi connectivity index (χ1) is 7.79. The highest BCUT2D eigenvalue weighted by atomic mass is 32.2. The van der Waals surface area contributed by atoms with Gasteiger partial charge in [0.15, 0.2) is 5.17 Å². The molecule has 5 heteroatoms. The van der Waals surface area contributed by atoms with Crippen molar-refractivity contribution >= 4 is 16.9 Å². The van der Waals surface area contributed by atoms with E-state index in [9.17, 15) is 4.39 Å². The number of rotatable bonds is 2. The summed E-state index contributed by atoms with van der Waals surface area (Å²) in [5.41, 5.74) is 0.896. The van der Waals surface area contributed by atoms with Crippen LogP contribution in [0.25, 0.3) is 0 Å². The maximum absolute atomic E-state index is 13.0. The number of halogens is 1. The summed E-state index contributed by atoms with van der Waals surface area (Å²) in [6.07, 6.45) is 1.79. The third-order valence-electron chi connectivity index (χ3n) is 2.27. The number of aliphatic imine (C=N–C) groups is 1. The predicted molar refractivity (Wildman–Crippen MR) is 62.3 cm³/mol. The summed E-state index contributed by atoms with van der Waals surface area (Å²) in [6, 6.07) is 6.49. The Balaban J connectivity index is 2.10. The van der Waals surface area contributed by atoms with E-state index in [1.165, 1.54) is 12.1 Å². The van der Waals surface area contributed by atoms with Gasteiger partial charge in [-0.2, -0.15) is 5.26 Å². The summed E-state index contributed by atoms with van der Waals surface area (Å²) in [7, 11) is 0. The minimum Gasteiger partial charge on any atom is -0.345 e. The molecule has 16 heavy (non-hydrogen) atoms. The summed E-state index contributed by atoms with van der Waals surface area (Å²) in [5, 5.41) is 9.25.